The molecule has 0 spiro atoms. The third-order valence-electron chi connectivity index (χ3n) is 2.18. The first kappa shape index (κ1) is 13.8. The Labute approximate surface area is 99.0 Å². The minimum absolute atomic E-state index is 0. The second kappa shape index (κ2) is 5.59. The number of nitrogens with two attached hydrogens (primary N) is 1. The van der Waals surface area contributed by atoms with Gasteiger partial charge in [-0.3, -0.25) is 0 Å². The molecule has 0 fully saturated rings. The lowest BCUT2D eigenvalue weighted by molar-refractivity contribution is 0.455. The van der Waals surface area contributed by atoms with Gasteiger partial charge in [-0.2, -0.15) is 0 Å². The van der Waals surface area contributed by atoms with Crippen LogP contribution in [0.3, 0.4) is 0 Å². The lowest BCUT2D eigenvalue weighted by Crippen LogP contribution is -2.10. The number of hydrogen-bond donors (Lipinski definition) is 2. The molecule has 4 heteroatoms. The van der Waals surface area contributed by atoms with E-state index >= 15 is 0 Å². The largest absolute Gasteiger partial charge is 0.507 e. The van der Waals surface area contributed by atoms with Crippen molar-refractivity contribution in [1.82, 2.24) is 0 Å². The average Bonchev–Trinajstić information content (AvgIpc) is 2.12. The van der Waals surface area contributed by atoms with Crippen molar-refractivity contribution in [1.29, 1.82) is 0 Å². The molecule has 14 heavy (non-hydrogen) atoms. The zero-order valence-electron chi connectivity index (χ0n) is 8.25. The summed E-state index contributed by atoms with van der Waals surface area (Å²) >= 11 is 3.38. The van der Waals surface area contributed by atoms with Crippen molar-refractivity contribution in [2.75, 3.05) is 0 Å². The van der Waals surface area contributed by atoms with Gasteiger partial charge in [-0.25, -0.2) is 0 Å². The molecule has 0 aliphatic carbocycles. The van der Waals surface area contributed by atoms with Gasteiger partial charge in [0.1, 0.15) is 5.75 Å². The van der Waals surface area contributed by atoms with Crippen LogP contribution in [0.5, 0.6) is 5.75 Å². The number of phenols is 1. The molecular weight excluding hydrogens is 265 g/mol. The van der Waals surface area contributed by atoms with E-state index in [1.807, 2.05) is 26.0 Å². The van der Waals surface area contributed by atoms with Gasteiger partial charge in [0.15, 0.2) is 0 Å². The molecule has 0 heterocycles. The van der Waals surface area contributed by atoms with Crippen LogP contribution in [0.2, 0.25) is 0 Å². The third-order valence-corrected chi connectivity index (χ3v) is 2.87. The second-order valence-electron chi connectivity index (χ2n) is 3.14. The SMILES string of the molecule is CC[C@H](N)c1c(Br)ccc(C)c1O.Cl. The number of phenolic OH excluding ortho intramolecular Hbond substituents is 1. The Balaban J connectivity index is 0.00000169. The predicted molar refractivity (Wildman–Crippen MR) is 65.0 cm³/mol. The Morgan fingerprint density at radius 1 is 1.50 bits per heavy atom. The molecule has 1 rings (SSSR count). The van der Waals surface area contributed by atoms with E-state index in [4.69, 9.17) is 5.73 Å². The number of halogens is 2. The van der Waals surface area contributed by atoms with Crippen LogP contribution in [-0.2, 0) is 0 Å². The fraction of sp³-hybridized carbons (Fsp3) is 0.400. The van der Waals surface area contributed by atoms with Crippen molar-refractivity contribution in [3.8, 4) is 5.75 Å². The summed E-state index contributed by atoms with van der Waals surface area (Å²) in [6.45, 7) is 3.87. The summed E-state index contributed by atoms with van der Waals surface area (Å²) in [5.74, 6) is 0.309. The first-order valence-corrected chi connectivity index (χ1v) is 5.10. The number of benzene rings is 1. The highest BCUT2D eigenvalue weighted by Gasteiger charge is 2.14. The maximum atomic E-state index is 9.77. The molecule has 0 aliphatic heterocycles. The van der Waals surface area contributed by atoms with Crippen molar-refractivity contribution >= 4 is 28.3 Å². The standard InChI is InChI=1S/C10H14BrNO.ClH/c1-3-8(12)9-7(11)5-4-6(2)10(9)13;/h4-5,8,13H,3,12H2,1-2H3;1H/t8-;/m0./s1. The summed E-state index contributed by atoms with van der Waals surface area (Å²) < 4.78 is 0.880. The minimum atomic E-state index is -0.103. The number of hydrogen-bond acceptors (Lipinski definition) is 2. The van der Waals surface area contributed by atoms with Crippen LogP contribution < -0.4 is 5.73 Å². The van der Waals surface area contributed by atoms with Gasteiger partial charge in [0, 0.05) is 16.1 Å². The zero-order valence-corrected chi connectivity index (χ0v) is 10.7. The van der Waals surface area contributed by atoms with E-state index in [0.717, 1.165) is 22.0 Å². The zero-order chi connectivity index (χ0) is 10.0. The molecule has 3 N–H and O–H groups in total. The van der Waals surface area contributed by atoms with Crippen LogP contribution in [0.15, 0.2) is 16.6 Å². The maximum Gasteiger partial charge on any atom is 0.124 e. The Bertz CT molecular complexity index is 317. The summed E-state index contributed by atoms with van der Waals surface area (Å²) in [7, 11) is 0. The van der Waals surface area contributed by atoms with Crippen LogP contribution in [0.25, 0.3) is 0 Å². The molecule has 0 radical (unpaired) electrons. The van der Waals surface area contributed by atoms with Gasteiger partial charge >= 0.3 is 0 Å². The van der Waals surface area contributed by atoms with Crippen LogP contribution in [0.1, 0.15) is 30.5 Å². The lowest BCUT2D eigenvalue weighted by Gasteiger charge is -2.14. The van der Waals surface area contributed by atoms with Gasteiger partial charge in [-0.05, 0) is 25.0 Å². The van der Waals surface area contributed by atoms with Crippen LogP contribution in [-0.4, -0.2) is 5.11 Å². The summed E-state index contributed by atoms with van der Waals surface area (Å²) in [4.78, 5) is 0. The van der Waals surface area contributed by atoms with Crippen molar-refractivity contribution in [2.24, 2.45) is 5.73 Å². The molecule has 0 aromatic heterocycles. The summed E-state index contributed by atoms with van der Waals surface area (Å²) in [6, 6.07) is 3.68. The van der Waals surface area contributed by atoms with E-state index in [1.165, 1.54) is 0 Å². The topological polar surface area (TPSA) is 46.2 Å². The average molecular weight is 281 g/mol. The van der Waals surface area contributed by atoms with Crippen molar-refractivity contribution < 1.29 is 5.11 Å². The summed E-state index contributed by atoms with van der Waals surface area (Å²) in [5.41, 5.74) is 7.55. The summed E-state index contributed by atoms with van der Waals surface area (Å²) in [6.07, 6.45) is 0.815. The molecule has 1 atom stereocenters. The smallest absolute Gasteiger partial charge is 0.124 e. The summed E-state index contributed by atoms with van der Waals surface area (Å²) in [5, 5.41) is 9.77. The van der Waals surface area contributed by atoms with Gasteiger partial charge in [0.2, 0.25) is 0 Å². The van der Waals surface area contributed by atoms with E-state index in [-0.39, 0.29) is 18.4 Å². The van der Waals surface area contributed by atoms with Crippen LogP contribution in [0.4, 0.5) is 0 Å². The fourth-order valence-electron chi connectivity index (χ4n) is 1.25. The van der Waals surface area contributed by atoms with Crippen LogP contribution >= 0.6 is 28.3 Å². The number of aromatic hydroxyl groups is 1. The minimum Gasteiger partial charge on any atom is -0.507 e. The quantitative estimate of drug-likeness (QED) is 0.873. The Morgan fingerprint density at radius 2 is 2.07 bits per heavy atom. The fourth-order valence-corrected chi connectivity index (χ4v) is 1.86. The predicted octanol–water partition coefficient (Wildman–Crippen LogP) is 3.29. The number of aryl methyl sites for hydroxylation is 1. The molecule has 1 aromatic rings. The second-order valence-corrected chi connectivity index (χ2v) is 4.00. The molecule has 0 unspecified atom stereocenters. The number of rotatable bonds is 2. The molecule has 0 amide bonds. The molecule has 80 valence electrons. The van der Waals surface area contributed by atoms with Gasteiger partial charge in [0.25, 0.3) is 0 Å². The van der Waals surface area contributed by atoms with E-state index in [0.29, 0.717) is 5.75 Å². The van der Waals surface area contributed by atoms with Gasteiger partial charge in [-0.15, -0.1) is 12.4 Å². The molecule has 0 saturated carbocycles. The Hall–Kier alpha value is -0.250. The monoisotopic (exact) mass is 279 g/mol. The lowest BCUT2D eigenvalue weighted by atomic mass is 10.0. The van der Waals surface area contributed by atoms with Crippen molar-refractivity contribution in [3.05, 3.63) is 27.7 Å². The van der Waals surface area contributed by atoms with Crippen molar-refractivity contribution in [3.63, 3.8) is 0 Å². The molecular formula is C10H15BrClNO. The highest BCUT2D eigenvalue weighted by atomic mass is 79.9. The van der Waals surface area contributed by atoms with Gasteiger partial charge < -0.3 is 10.8 Å². The first-order chi connectivity index (χ1) is 6.07. The molecule has 0 saturated heterocycles. The van der Waals surface area contributed by atoms with Gasteiger partial charge in [-0.1, -0.05) is 28.9 Å². The Morgan fingerprint density at radius 3 is 2.57 bits per heavy atom. The normalized spacial score (nSPS) is 12.0. The molecule has 0 bridgehead atoms. The molecule has 0 aliphatic rings. The third kappa shape index (κ3) is 2.62. The van der Waals surface area contributed by atoms with Gasteiger partial charge in [0.05, 0.1) is 0 Å². The van der Waals surface area contributed by atoms with E-state index in [2.05, 4.69) is 15.9 Å². The van der Waals surface area contributed by atoms with Crippen LogP contribution in [0, 0.1) is 6.92 Å². The Kier molecular flexibility index (Phi) is 5.49. The van der Waals surface area contributed by atoms with E-state index in [1.54, 1.807) is 0 Å². The molecule has 2 nitrogen and oxygen atoms in total. The molecule has 1 aromatic carbocycles. The highest BCUT2D eigenvalue weighted by Crippen LogP contribution is 2.34. The maximum absolute atomic E-state index is 9.77. The van der Waals surface area contributed by atoms with Crippen molar-refractivity contribution in [2.45, 2.75) is 26.3 Å². The van der Waals surface area contributed by atoms with E-state index < -0.39 is 0 Å². The first-order valence-electron chi connectivity index (χ1n) is 4.31. The highest BCUT2D eigenvalue weighted by molar-refractivity contribution is 9.10. The van der Waals surface area contributed by atoms with E-state index in [9.17, 15) is 5.11 Å².